The fourth-order valence-electron chi connectivity index (χ4n) is 1.09. The molecule has 7 nitrogen and oxygen atoms in total. The van der Waals surface area contributed by atoms with E-state index >= 15 is 0 Å². The number of imide groups is 1. The number of amides is 3. The Morgan fingerprint density at radius 2 is 2.11 bits per heavy atom. The molecule has 0 spiro atoms. The highest BCUT2D eigenvalue weighted by Crippen LogP contribution is 2.16. The molecule has 0 aliphatic carbocycles. The minimum absolute atomic E-state index is 0.113. The zero-order chi connectivity index (χ0) is 14.3. The van der Waals surface area contributed by atoms with Gasteiger partial charge < -0.3 is 10.4 Å². The van der Waals surface area contributed by atoms with Crippen LogP contribution in [-0.2, 0) is 4.79 Å². The summed E-state index contributed by atoms with van der Waals surface area (Å²) in [6.45, 7) is 0. The van der Waals surface area contributed by atoms with E-state index in [1.165, 1.54) is 31.1 Å². The average molecular weight is 283 g/mol. The van der Waals surface area contributed by atoms with Crippen molar-refractivity contribution < 1.29 is 19.5 Å². The Labute approximate surface area is 113 Å². The van der Waals surface area contributed by atoms with Crippen LogP contribution in [0.4, 0.5) is 4.79 Å². The number of nitrogens with zero attached hydrogens (tertiary/aromatic N) is 1. The van der Waals surface area contributed by atoms with Crippen molar-refractivity contribution >= 4 is 29.7 Å². The SMILES string of the molecule is CNC(=O)NC(=O)CCSc1ccc(C(=O)O)cn1. The Morgan fingerprint density at radius 1 is 1.37 bits per heavy atom. The number of carboxylic acids is 1. The summed E-state index contributed by atoms with van der Waals surface area (Å²) in [7, 11) is 1.42. The minimum Gasteiger partial charge on any atom is -0.478 e. The largest absolute Gasteiger partial charge is 0.478 e. The molecule has 1 aromatic rings. The number of hydrogen-bond donors (Lipinski definition) is 3. The molecular weight excluding hydrogens is 270 g/mol. The first kappa shape index (κ1) is 15.0. The molecule has 0 aromatic carbocycles. The summed E-state index contributed by atoms with van der Waals surface area (Å²) < 4.78 is 0. The molecule has 0 saturated heterocycles. The van der Waals surface area contributed by atoms with Gasteiger partial charge in [-0.1, -0.05) is 0 Å². The van der Waals surface area contributed by atoms with Crippen molar-refractivity contribution in [3.63, 3.8) is 0 Å². The van der Waals surface area contributed by atoms with Gasteiger partial charge in [-0.2, -0.15) is 0 Å². The monoisotopic (exact) mass is 283 g/mol. The summed E-state index contributed by atoms with van der Waals surface area (Å²) in [5, 5.41) is 13.7. The molecule has 3 amide bonds. The number of pyridine rings is 1. The van der Waals surface area contributed by atoms with E-state index < -0.39 is 12.0 Å². The van der Waals surface area contributed by atoms with Crippen LogP contribution < -0.4 is 10.6 Å². The molecule has 3 N–H and O–H groups in total. The Balaban J connectivity index is 2.35. The molecule has 1 heterocycles. The number of carbonyl (C=O) groups excluding carboxylic acids is 2. The van der Waals surface area contributed by atoms with E-state index in [1.54, 1.807) is 6.07 Å². The Morgan fingerprint density at radius 3 is 2.63 bits per heavy atom. The normalized spacial score (nSPS) is 9.74. The lowest BCUT2D eigenvalue weighted by Gasteiger charge is -2.03. The third-order valence-electron chi connectivity index (χ3n) is 2.04. The average Bonchev–Trinajstić information content (AvgIpc) is 2.39. The van der Waals surface area contributed by atoms with Gasteiger partial charge in [-0.25, -0.2) is 14.6 Å². The Hall–Kier alpha value is -2.09. The number of nitrogens with one attached hydrogen (secondary N) is 2. The van der Waals surface area contributed by atoms with Gasteiger partial charge in [0.15, 0.2) is 0 Å². The van der Waals surface area contributed by atoms with Crippen LogP contribution in [0.15, 0.2) is 23.4 Å². The quantitative estimate of drug-likeness (QED) is 0.687. The number of carboxylic acid groups (broad SMARTS) is 1. The van der Waals surface area contributed by atoms with Gasteiger partial charge in [-0.05, 0) is 12.1 Å². The zero-order valence-corrected chi connectivity index (χ0v) is 11.0. The highest BCUT2D eigenvalue weighted by atomic mass is 32.2. The number of aromatic carboxylic acids is 1. The van der Waals surface area contributed by atoms with Crippen molar-refractivity contribution in [3.05, 3.63) is 23.9 Å². The molecule has 0 radical (unpaired) electrons. The highest BCUT2D eigenvalue weighted by molar-refractivity contribution is 7.99. The third kappa shape index (κ3) is 5.38. The molecule has 0 atom stereocenters. The van der Waals surface area contributed by atoms with Crippen molar-refractivity contribution in [3.8, 4) is 0 Å². The Kier molecular flexibility index (Phi) is 5.80. The second kappa shape index (κ2) is 7.37. The molecular formula is C11H13N3O4S. The van der Waals surface area contributed by atoms with Gasteiger partial charge in [-0.3, -0.25) is 10.1 Å². The van der Waals surface area contributed by atoms with Gasteiger partial charge >= 0.3 is 12.0 Å². The van der Waals surface area contributed by atoms with Gasteiger partial charge in [0.2, 0.25) is 5.91 Å². The van der Waals surface area contributed by atoms with Crippen LogP contribution in [0, 0.1) is 0 Å². The lowest BCUT2D eigenvalue weighted by molar-refractivity contribution is -0.119. The van der Waals surface area contributed by atoms with Crippen LogP contribution >= 0.6 is 11.8 Å². The molecule has 0 aliphatic rings. The summed E-state index contributed by atoms with van der Waals surface area (Å²) in [6.07, 6.45) is 1.43. The van der Waals surface area contributed by atoms with Crippen LogP contribution in [0.25, 0.3) is 0 Å². The van der Waals surface area contributed by atoms with Crippen molar-refractivity contribution in [2.45, 2.75) is 11.4 Å². The van der Waals surface area contributed by atoms with E-state index in [2.05, 4.69) is 15.6 Å². The van der Waals surface area contributed by atoms with Crippen LogP contribution in [0.5, 0.6) is 0 Å². The maximum atomic E-state index is 11.3. The van der Waals surface area contributed by atoms with Gasteiger partial charge in [-0.15, -0.1) is 11.8 Å². The first-order chi connectivity index (χ1) is 9.02. The van der Waals surface area contributed by atoms with Gasteiger partial charge in [0.1, 0.15) is 0 Å². The van der Waals surface area contributed by atoms with Crippen LogP contribution in [0.3, 0.4) is 0 Å². The molecule has 19 heavy (non-hydrogen) atoms. The van der Waals surface area contributed by atoms with Crippen molar-refractivity contribution in [1.82, 2.24) is 15.6 Å². The minimum atomic E-state index is -1.03. The standard InChI is InChI=1S/C11H13N3O4S/c1-12-11(18)14-8(15)4-5-19-9-3-2-7(6-13-9)10(16)17/h2-3,6H,4-5H2,1H3,(H,16,17)(H2,12,14,15,18). The first-order valence-electron chi connectivity index (χ1n) is 5.36. The van der Waals surface area contributed by atoms with Crippen molar-refractivity contribution in [1.29, 1.82) is 0 Å². The molecule has 0 aliphatic heterocycles. The topological polar surface area (TPSA) is 108 Å². The van der Waals surface area contributed by atoms with Crippen LogP contribution in [0.1, 0.15) is 16.8 Å². The summed E-state index contributed by atoms with van der Waals surface area (Å²) >= 11 is 1.31. The second-order valence-electron chi connectivity index (χ2n) is 3.42. The van der Waals surface area contributed by atoms with E-state index in [1.807, 2.05) is 0 Å². The predicted molar refractivity (Wildman–Crippen MR) is 69.1 cm³/mol. The van der Waals surface area contributed by atoms with E-state index in [9.17, 15) is 14.4 Å². The fraction of sp³-hybridized carbons (Fsp3) is 0.273. The number of aromatic nitrogens is 1. The summed E-state index contributed by atoms with van der Waals surface area (Å²) in [6, 6.07) is 2.48. The first-order valence-corrected chi connectivity index (χ1v) is 6.35. The number of carbonyl (C=O) groups is 3. The molecule has 1 rings (SSSR count). The smallest absolute Gasteiger partial charge is 0.337 e. The maximum Gasteiger partial charge on any atom is 0.337 e. The number of rotatable bonds is 5. The van der Waals surface area contributed by atoms with Crippen LogP contribution in [-0.4, -0.2) is 40.8 Å². The molecule has 0 fully saturated rings. The molecule has 102 valence electrons. The highest BCUT2D eigenvalue weighted by Gasteiger charge is 2.07. The van der Waals surface area contributed by atoms with Gasteiger partial charge in [0.25, 0.3) is 0 Å². The van der Waals surface area contributed by atoms with E-state index in [0.29, 0.717) is 10.8 Å². The van der Waals surface area contributed by atoms with Crippen LogP contribution in [0.2, 0.25) is 0 Å². The summed E-state index contributed by atoms with van der Waals surface area (Å²) in [5.74, 6) is -0.967. The second-order valence-corrected chi connectivity index (χ2v) is 4.53. The van der Waals surface area contributed by atoms with E-state index in [0.717, 1.165) is 0 Å². The van der Waals surface area contributed by atoms with E-state index in [4.69, 9.17) is 5.11 Å². The zero-order valence-electron chi connectivity index (χ0n) is 10.2. The Bertz CT molecular complexity index is 475. The van der Waals surface area contributed by atoms with Crippen molar-refractivity contribution in [2.24, 2.45) is 0 Å². The molecule has 0 saturated carbocycles. The molecule has 0 unspecified atom stereocenters. The van der Waals surface area contributed by atoms with E-state index in [-0.39, 0.29) is 17.9 Å². The number of thioether (sulfide) groups is 1. The van der Waals surface area contributed by atoms with Crippen molar-refractivity contribution in [2.75, 3.05) is 12.8 Å². The van der Waals surface area contributed by atoms with Gasteiger partial charge in [0, 0.05) is 25.4 Å². The number of hydrogen-bond acceptors (Lipinski definition) is 5. The summed E-state index contributed by atoms with van der Waals surface area (Å²) in [5.41, 5.74) is 0.113. The molecule has 1 aromatic heterocycles. The molecule has 8 heteroatoms. The lowest BCUT2D eigenvalue weighted by atomic mass is 10.3. The predicted octanol–water partition coefficient (Wildman–Crippen LogP) is 0.718. The summed E-state index contributed by atoms with van der Waals surface area (Å²) in [4.78, 5) is 36.7. The fourth-order valence-corrected chi connectivity index (χ4v) is 1.88. The number of urea groups is 1. The molecule has 0 bridgehead atoms. The lowest BCUT2D eigenvalue weighted by Crippen LogP contribution is -2.37. The van der Waals surface area contributed by atoms with Gasteiger partial charge in [0.05, 0.1) is 10.6 Å². The third-order valence-corrected chi connectivity index (χ3v) is 2.99. The maximum absolute atomic E-state index is 11.3.